The topological polar surface area (TPSA) is 74.6 Å². The SMILES string of the molecule is CCC1(C(=O)O)CCCCC1(CCC(C)CC(C)(C)C)C(=O)O. The predicted octanol–water partition coefficient (Wildman–Crippen LogP) is 4.96. The number of carboxylic acid groups (broad SMARTS) is 2. The minimum atomic E-state index is -1.11. The molecule has 1 aliphatic rings. The lowest BCUT2D eigenvalue weighted by Gasteiger charge is -2.48. The van der Waals surface area contributed by atoms with Gasteiger partial charge < -0.3 is 10.2 Å². The monoisotopic (exact) mass is 326 g/mol. The van der Waals surface area contributed by atoms with Gasteiger partial charge >= 0.3 is 11.9 Å². The molecule has 23 heavy (non-hydrogen) atoms. The van der Waals surface area contributed by atoms with Crippen LogP contribution in [-0.4, -0.2) is 22.2 Å². The van der Waals surface area contributed by atoms with Crippen LogP contribution in [0.5, 0.6) is 0 Å². The van der Waals surface area contributed by atoms with Gasteiger partial charge in [0.25, 0.3) is 0 Å². The lowest BCUT2D eigenvalue weighted by Crippen LogP contribution is -2.54. The molecular weight excluding hydrogens is 292 g/mol. The van der Waals surface area contributed by atoms with E-state index in [1.54, 1.807) is 0 Å². The number of hydrogen-bond acceptors (Lipinski definition) is 2. The Morgan fingerprint density at radius 1 is 1.04 bits per heavy atom. The molecule has 0 amide bonds. The zero-order valence-corrected chi connectivity index (χ0v) is 15.4. The highest BCUT2D eigenvalue weighted by Crippen LogP contribution is 2.56. The molecule has 4 heteroatoms. The van der Waals surface area contributed by atoms with E-state index in [4.69, 9.17) is 0 Å². The number of carbonyl (C=O) groups is 2. The smallest absolute Gasteiger partial charge is 0.310 e. The first kappa shape index (κ1) is 20.0. The van der Waals surface area contributed by atoms with Crippen molar-refractivity contribution in [3.63, 3.8) is 0 Å². The number of carboxylic acids is 2. The molecule has 2 N–H and O–H groups in total. The normalized spacial score (nSPS) is 30.0. The molecule has 0 aromatic heterocycles. The molecule has 1 rings (SSSR count). The summed E-state index contributed by atoms with van der Waals surface area (Å²) in [5, 5.41) is 19.8. The molecule has 0 radical (unpaired) electrons. The predicted molar refractivity (Wildman–Crippen MR) is 91.4 cm³/mol. The van der Waals surface area contributed by atoms with Gasteiger partial charge in [-0.3, -0.25) is 9.59 Å². The van der Waals surface area contributed by atoms with Gasteiger partial charge in [-0.2, -0.15) is 0 Å². The summed E-state index contributed by atoms with van der Waals surface area (Å²) < 4.78 is 0. The minimum Gasteiger partial charge on any atom is -0.481 e. The standard InChI is InChI=1S/C19H34O4/c1-6-18(15(20)21)10-7-8-11-19(18,16(22)23)12-9-14(2)13-17(3,4)5/h14H,6-13H2,1-5H3,(H,20,21)(H,22,23). The Labute approximate surface area is 140 Å². The van der Waals surface area contributed by atoms with Crippen molar-refractivity contribution < 1.29 is 19.8 Å². The van der Waals surface area contributed by atoms with Crippen molar-refractivity contribution in [2.75, 3.05) is 0 Å². The summed E-state index contributed by atoms with van der Waals surface area (Å²) in [4.78, 5) is 24.2. The molecule has 1 aliphatic carbocycles. The fraction of sp³-hybridized carbons (Fsp3) is 0.895. The third-order valence-electron chi connectivity index (χ3n) is 5.82. The molecule has 1 fully saturated rings. The van der Waals surface area contributed by atoms with Crippen molar-refractivity contribution in [3.8, 4) is 0 Å². The number of hydrogen-bond donors (Lipinski definition) is 2. The summed E-state index contributed by atoms with van der Waals surface area (Å²) in [7, 11) is 0. The summed E-state index contributed by atoms with van der Waals surface area (Å²) in [5.74, 6) is -1.44. The fourth-order valence-corrected chi connectivity index (χ4v) is 4.73. The minimum absolute atomic E-state index is 0.205. The van der Waals surface area contributed by atoms with Crippen LogP contribution in [-0.2, 0) is 9.59 Å². The van der Waals surface area contributed by atoms with E-state index in [1.807, 2.05) is 6.92 Å². The summed E-state index contributed by atoms with van der Waals surface area (Å²) >= 11 is 0. The molecule has 134 valence electrons. The molecular formula is C19H34O4. The van der Waals surface area contributed by atoms with E-state index in [-0.39, 0.29) is 5.41 Å². The number of rotatable bonds is 7. The molecule has 3 unspecified atom stereocenters. The maximum absolute atomic E-state index is 12.2. The lowest BCUT2D eigenvalue weighted by atomic mass is 9.52. The third-order valence-corrected chi connectivity index (χ3v) is 5.82. The average molecular weight is 326 g/mol. The van der Waals surface area contributed by atoms with Gasteiger partial charge in [0, 0.05) is 0 Å². The van der Waals surface area contributed by atoms with Gasteiger partial charge in [-0.1, -0.05) is 47.5 Å². The lowest BCUT2D eigenvalue weighted by molar-refractivity contribution is -0.182. The largest absolute Gasteiger partial charge is 0.481 e. The quantitative estimate of drug-likeness (QED) is 0.693. The second-order valence-corrected chi connectivity index (χ2v) is 8.74. The van der Waals surface area contributed by atoms with E-state index >= 15 is 0 Å². The Kier molecular flexibility index (Phi) is 6.28. The van der Waals surface area contributed by atoms with Crippen LogP contribution >= 0.6 is 0 Å². The van der Waals surface area contributed by atoms with Crippen LogP contribution in [0.1, 0.15) is 86.0 Å². The first-order valence-corrected chi connectivity index (χ1v) is 8.97. The second-order valence-electron chi connectivity index (χ2n) is 8.74. The van der Waals surface area contributed by atoms with E-state index in [0.717, 1.165) is 25.7 Å². The van der Waals surface area contributed by atoms with E-state index < -0.39 is 22.8 Å². The summed E-state index contributed by atoms with van der Waals surface area (Å²) in [6.07, 6.45) is 5.26. The Balaban J connectivity index is 3.05. The number of aliphatic carboxylic acids is 2. The van der Waals surface area contributed by atoms with Gasteiger partial charge in [-0.15, -0.1) is 0 Å². The van der Waals surface area contributed by atoms with Crippen LogP contribution in [0.3, 0.4) is 0 Å². The summed E-state index contributed by atoms with van der Waals surface area (Å²) in [6, 6.07) is 0. The highest BCUT2D eigenvalue weighted by Gasteiger charge is 2.60. The van der Waals surface area contributed by atoms with E-state index in [1.165, 1.54) is 0 Å². The average Bonchev–Trinajstić information content (AvgIpc) is 2.42. The zero-order valence-electron chi connectivity index (χ0n) is 15.4. The zero-order chi connectivity index (χ0) is 17.9. The maximum Gasteiger partial charge on any atom is 0.310 e. The highest BCUT2D eigenvalue weighted by molar-refractivity contribution is 5.87. The van der Waals surface area contributed by atoms with Crippen LogP contribution in [0, 0.1) is 22.2 Å². The van der Waals surface area contributed by atoms with E-state index in [9.17, 15) is 19.8 Å². The fourth-order valence-electron chi connectivity index (χ4n) is 4.73. The summed E-state index contributed by atoms with van der Waals surface area (Å²) in [5.41, 5.74) is -2.02. The molecule has 0 heterocycles. The van der Waals surface area contributed by atoms with Crippen molar-refractivity contribution in [3.05, 3.63) is 0 Å². The van der Waals surface area contributed by atoms with Crippen LogP contribution in [0.25, 0.3) is 0 Å². The van der Waals surface area contributed by atoms with Gasteiger partial charge in [-0.25, -0.2) is 0 Å². The molecule has 0 bridgehead atoms. The molecule has 0 aromatic rings. The molecule has 0 aromatic carbocycles. The Hall–Kier alpha value is -1.06. The second kappa shape index (κ2) is 7.23. The molecule has 4 nitrogen and oxygen atoms in total. The molecule has 0 aliphatic heterocycles. The van der Waals surface area contributed by atoms with Gasteiger partial charge in [0.05, 0.1) is 10.8 Å². The van der Waals surface area contributed by atoms with Crippen molar-refractivity contribution in [2.45, 2.75) is 86.0 Å². The van der Waals surface area contributed by atoms with Gasteiger partial charge in [0.2, 0.25) is 0 Å². The van der Waals surface area contributed by atoms with Crippen LogP contribution < -0.4 is 0 Å². The molecule has 0 saturated heterocycles. The molecule has 1 saturated carbocycles. The van der Waals surface area contributed by atoms with Crippen molar-refractivity contribution >= 4 is 11.9 Å². The van der Waals surface area contributed by atoms with Gasteiger partial charge in [0.1, 0.15) is 0 Å². The van der Waals surface area contributed by atoms with Crippen LogP contribution in [0.2, 0.25) is 0 Å². The first-order chi connectivity index (χ1) is 10.5. The summed E-state index contributed by atoms with van der Waals surface area (Å²) in [6.45, 7) is 10.5. The third kappa shape index (κ3) is 4.07. The van der Waals surface area contributed by atoms with Crippen molar-refractivity contribution in [2.24, 2.45) is 22.2 Å². The van der Waals surface area contributed by atoms with Crippen molar-refractivity contribution in [1.29, 1.82) is 0 Å². The highest BCUT2D eigenvalue weighted by atomic mass is 16.4. The van der Waals surface area contributed by atoms with E-state index in [2.05, 4.69) is 27.7 Å². The maximum atomic E-state index is 12.2. The molecule has 0 spiro atoms. The molecule has 3 atom stereocenters. The van der Waals surface area contributed by atoms with Crippen LogP contribution in [0.15, 0.2) is 0 Å². The first-order valence-electron chi connectivity index (χ1n) is 8.97. The Morgan fingerprint density at radius 3 is 1.91 bits per heavy atom. The van der Waals surface area contributed by atoms with Gasteiger partial charge in [-0.05, 0) is 49.9 Å². The van der Waals surface area contributed by atoms with Crippen molar-refractivity contribution in [1.82, 2.24) is 0 Å². The van der Waals surface area contributed by atoms with Gasteiger partial charge in [0.15, 0.2) is 0 Å². The van der Waals surface area contributed by atoms with Crippen LogP contribution in [0.4, 0.5) is 0 Å². The Morgan fingerprint density at radius 2 is 1.52 bits per heavy atom. The Bertz CT molecular complexity index is 437. The van der Waals surface area contributed by atoms with E-state index in [0.29, 0.717) is 31.6 Å².